The number of ether oxygens (including phenoxy) is 3. The summed E-state index contributed by atoms with van der Waals surface area (Å²) in [7, 11) is 0. The third-order valence-electron chi connectivity index (χ3n) is 12.9. The van der Waals surface area contributed by atoms with Crippen LogP contribution >= 0.6 is 0 Å². The van der Waals surface area contributed by atoms with Gasteiger partial charge in [-0.1, -0.05) is 212 Å². The molecule has 1 rings (SSSR count). The molecule has 65 heavy (non-hydrogen) atoms. The van der Waals surface area contributed by atoms with Crippen LogP contribution in [0.5, 0.6) is 0 Å². The van der Waals surface area contributed by atoms with Crippen molar-refractivity contribution in [3.8, 4) is 0 Å². The first-order valence-corrected chi connectivity index (χ1v) is 27.1. The van der Waals surface area contributed by atoms with Crippen LogP contribution in [0.25, 0.3) is 0 Å². The SMILES string of the molecule is CCCCCCCCC/C=C\CCCCCC(=O)OC1C(OCC(NC(=O)C(O)CCCCCCCCCCCC)C(O)/C=C/CCCCCCCCCCCC)OC(CO)C(O)C1O. The molecule has 0 aromatic rings. The summed E-state index contributed by atoms with van der Waals surface area (Å²) in [4.78, 5) is 26.3. The van der Waals surface area contributed by atoms with Gasteiger partial charge in [0.05, 0.1) is 25.4 Å². The van der Waals surface area contributed by atoms with E-state index in [-0.39, 0.29) is 13.0 Å². The fraction of sp³-hybridized carbons (Fsp3) is 0.889. The van der Waals surface area contributed by atoms with Crippen LogP contribution in [0.4, 0.5) is 0 Å². The van der Waals surface area contributed by atoms with Gasteiger partial charge in [0.25, 0.3) is 0 Å². The zero-order chi connectivity index (χ0) is 47.6. The van der Waals surface area contributed by atoms with Crippen LogP contribution in [-0.2, 0) is 23.8 Å². The first-order valence-electron chi connectivity index (χ1n) is 27.1. The Bertz CT molecular complexity index is 1150. The maximum absolute atomic E-state index is 13.3. The molecule has 1 amide bonds. The summed E-state index contributed by atoms with van der Waals surface area (Å²) in [5.41, 5.74) is 0. The van der Waals surface area contributed by atoms with Crippen molar-refractivity contribution >= 4 is 11.9 Å². The Kier molecular flexibility index (Phi) is 40.9. The van der Waals surface area contributed by atoms with Gasteiger partial charge in [-0.2, -0.15) is 0 Å². The molecule has 0 radical (unpaired) electrons. The highest BCUT2D eigenvalue weighted by Gasteiger charge is 2.47. The lowest BCUT2D eigenvalue weighted by Crippen LogP contribution is -2.61. The number of unbranched alkanes of at least 4 members (excludes halogenated alkanes) is 29. The first-order chi connectivity index (χ1) is 31.7. The highest BCUT2D eigenvalue weighted by Crippen LogP contribution is 2.26. The minimum absolute atomic E-state index is 0.107. The van der Waals surface area contributed by atoms with E-state index in [1.807, 2.05) is 6.08 Å². The van der Waals surface area contributed by atoms with Gasteiger partial charge in [-0.3, -0.25) is 9.59 Å². The van der Waals surface area contributed by atoms with Crippen molar-refractivity contribution in [3.05, 3.63) is 24.3 Å². The molecule has 1 aliphatic rings. The zero-order valence-electron chi connectivity index (χ0n) is 41.9. The summed E-state index contributed by atoms with van der Waals surface area (Å²) in [5.74, 6) is -1.21. The fourth-order valence-corrected chi connectivity index (χ4v) is 8.47. The largest absolute Gasteiger partial charge is 0.454 e. The van der Waals surface area contributed by atoms with Gasteiger partial charge in [0.2, 0.25) is 5.91 Å². The summed E-state index contributed by atoms with van der Waals surface area (Å²) in [6, 6.07) is -1.02. The number of carbonyl (C=O) groups excluding carboxylic acids is 2. The molecule has 0 bridgehead atoms. The van der Waals surface area contributed by atoms with Crippen molar-refractivity contribution < 1.29 is 49.3 Å². The second-order valence-electron chi connectivity index (χ2n) is 19.0. The van der Waals surface area contributed by atoms with E-state index in [2.05, 4.69) is 38.2 Å². The van der Waals surface area contributed by atoms with Crippen LogP contribution < -0.4 is 5.32 Å². The van der Waals surface area contributed by atoms with Crippen LogP contribution in [0.1, 0.15) is 245 Å². The standard InChI is InChI=1S/C54H101NO10/c1-4-7-10-13-16-19-22-24-25-27-30-33-36-39-42-49(59)65-52-51(61)50(60)48(43-56)64-54(52)63-44-45(46(57)40-37-34-31-29-26-23-20-17-14-11-8-5-2)55-53(62)47(58)41-38-35-32-28-21-18-15-12-9-6-3/h25,27,37,40,45-48,50-52,54,56-58,60-61H,4-24,26,28-36,38-39,41-44H2,1-3H3,(H,55,62)/b27-25-,40-37+. The minimum Gasteiger partial charge on any atom is -0.454 e. The molecule has 11 nitrogen and oxygen atoms in total. The monoisotopic (exact) mass is 924 g/mol. The third-order valence-corrected chi connectivity index (χ3v) is 12.9. The Morgan fingerprint density at radius 3 is 1.49 bits per heavy atom. The van der Waals surface area contributed by atoms with Crippen molar-refractivity contribution in [1.82, 2.24) is 5.32 Å². The molecule has 0 aromatic carbocycles. The number of esters is 1. The molecule has 0 aromatic heterocycles. The van der Waals surface area contributed by atoms with Gasteiger partial charge in [0, 0.05) is 6.42 Å². The molecule has 8 unspecified atom stereocenters. The van der Waals surface area contributed by atoms with Crippen molar-refractivity contribution in [2.45, 2.75) is 294 Å². The number of allylic oxidation sites excluding steroid dienone is 3. The Balaban J connectivity index is 2.77. The van der Waals surface area contributed by atoms with Gasteiger partial charge < -0.3 is 45.1 Å². The molecule has 6 N–H and O–H groups in total. The fourth-order valence-electron chi connectivity index (χ4n) is 8.47. The summed E-state index contributed by atoms with van der Waals surface area (Å²) in [5, 5.41) is 56.6. The molecular weight excluding hydrogens is 823 g/mol. The Labute approximate surface area is 397 Å². The van der Waals surface area contributed by atoms with Crippen molar-refractivity contribution in [2.24, 2.45) is 0 Å². The smallest absolute Gasteiger partial charge is 0.306 e. The Hall–Kier alpha value is -1.86. The quantitative estimate of drug-likeness (QED) is 0.0196. The van der Waals surface area contributed by atoms with Gasteiger partial charge in [-0.05, 0) is 51.4 Å². The van der Waals surface area contributed by atoms with Gasteiger partial charge in [-0.15, -0.1) is 0 Å². The number of hydrogen-bond acceptors (Lipinski definition) is 10. The molecular formula is C54H101NO10. The average Bonchev–Trinajstić information content (AvgIpc) is 3.30. The van der Waals surface area contributed by atoms with E-state index in [1.165, 1.54) is 135 Å². The number of carbonyl (C=O) groups is 2. The number of rotatable bonds is 45. The van der Waals surface area contributed by atoms with Gasteiger partial charge >= 0.3 is 5.97 Å². The van der Waals surface area contributed by atoms with E-state index in [0.29, 0.717) is 19.3 Å². The molecule has 11 heteroatoms. The second-order valence-corrected chi connectivity index (χ2v) is 19.0. The molecule has 382 valence electrons. The van der Waals surface area contributed by atoms with E-state index in [1.54, 1.807) is 6.08 Å². The van der Waals surface area contributed by atoms with Crippen LogP contribution in [0.2, 0.25) is 0 Å². The van der Waals surface area contributed by atoms with E-state index < -0.39 is 67.4 Å². The number of amides is 1. The molecule has 8 atom stereocenters. The van der Waals surface area contributed by atoms with E-state index in [0.717, 1.165) is 64.2 Å². The average molecular weight is 924 g/mol. The lowest BCUT2D eigenvalue weighted by atomic mass is 9.99. The summed E-state index contributed by atoms with van der Waals surface area (Å²) in [6.07, 6.45) is 36.6. The number of aliphatic hydroxyl groups excluding tert-OH is 5. The maximum atomic E-state index is 13.3. The molecule has 1 aliphatic heterocycles. The van der Waals surface area contributed by atoms with Crippen molar-refractivity contribution in [2.75, 3.05) is 13.2 Å². The number of hydrogen-bond donors (Lipinski definition) is 6. The molecule has 0 saturated carbocycles. The van der Waals surface area contributed by atoms with E-state index in [4.69, 9.17) is 14.2 Å². The van der Waals surface area contributed by atoms with Gasteiger partial charge in [0.15, 0.2) is 12.4 Å². The topological polar surface area (TPSA) is 175 Å². The molecule has 1 saturated heterocycles. The van der Waals surface area contributed by atoms with Gasteiger partial charge in [0.1, 0.15) is 24.4 Å². The second kappa shape index (κ2) is 43.4. The third kappa shape index (κ3) is 32.5. The molecule has 1 heterocycles. The lowest BCUT2D eigenvalue weighted by Gasteiger charge is -2.41. The molecule has 0 spiro atoms. The molecule has 0 aliphatic carbocycles. The normalized spacial score (nSPS) is 20.4. The van der Waals surface area contributed by atoms with E-state index >= 15 is 0 Å². The lowest BCUT2D eigenvalue weighted by molar-refractivity contribution is -0.305. The van der Waals surface area contributed by atoms with E-state index in [9.17, 15) is 35.1 Å². The first kappa shape index (κ1) is 61.2. The van der Waals surface area contributed by atoms with Crippen LogP contribution in [-0.4, -0.2) is 99.6 Å². The number of aliphatic hydroxyl groups is 5. The molecule has 1 fully saturated rings. The van der Waals surface area contributed by atoms with Crippen LogP contribution in [0, 0.1) is 0 Å². The van der Waals surface area contributed by atoms with Crippen LogP contribution in [0.3, 0.4) is 0 Å². The Morgan fingerprint density at radius 1 is 0.585 bits per heavy atom. The minimum atomic E-state index is -1.61. The Morgan fingerprint density at radius 2 is 1.02 bits per heavy atom. The highest BCUT2D eigenvalue weighted by molar-refractivity contribution is 5.80. The maximum Gasteiger partial charge on any atom is 0.306 e. The zero-order valence-corrected chi connectivity index (χ0v) is 41.9. The predicted molar refractivity (Wildman–Crippen MR) is 264 cm³/mol. The van der Waals surface area contributed by atoms with Gasteiger partial charge in [-0.25, -0.2) is 0 Å². The summed E-state index contributed by atoms with van der Waals surface area (Å²) >= 11 is 0. The van der Waals surface area contributed by atoms with Crippen molar-refractivity contribution in [1.29, 1.82) is 0 Å². The number of nitrogens with one attached hydrogen (secondary N) is 1. The summed E-state index contributed by atoms with van der Waals surface area (Å²) in [6.45, 7) is 5.74. The van der Waals surface area contributed by atoms with Crippen molar-refractivity contribution in [3.63, 3.8) is 0 Å². The van der Waals surface area contributed by atoms with Crippen LogP contribution in [0.15, 0.2) is 24.3 Å². The summed E-state index contributed by atoms with van der Waals surface area (Å²) < 4.78 is 17.5. The highest BCUT2D eigenvalue weighted by atomic mass is 16.7. The predicted octanol–water partition coefficient (Wildman–Crippen LogP) is 11.4.